The van der Waals surface area contributed by atoms with E-state index in [1.54, 1.807) is 7.05 Å². The third kappa shape index (κ3) is 5.81. The number of nitrogens with zero attached hydrogens (tertiary/aromatic N) is 5. The van der Waals surface area contributed by atoms with Gasteiger partial charge in [0, 0.05) is 71.2 Å². The SMILES string of the molecule is CN=C(NCc1ccc(CN2CCN(C)CC2)cc1)NCc1c(C)nn(C)c1C. The predicted molar refractivity (Wildman–Crippen MR) is 119 cm³/mol. The van der Waals surface area contributed by atoms with Crippen molar-refractivity contribution >= 4 is 5.96 Å². The fraction of sp³-hybridized carbons (Fsp3) is 0.545. The summed E-state index contributed by atoms with van der Waals surface area (Å²) in [4.78, 5) is 9.26. The van der Waals surface area contributed by atoms with Gasteiger partial charge in [0.25, 0.3) is 0 Å². The molecule has 1 saturated heterocycles. The molecule has 0 atom stereocenters. The largest absolute Gasteiger partial charge is 0.352 e. The topological polar surface area (TPSA) is 60.7 Å². The lowest BCUT2D eigenvalue weighted by Gasteiger charge is -2.32. The van der Waals surface area contributed by atoms with E-state index in [1.807, 2.05) is 18.7 Å². The first kappa shape index (κ1) is 21.3. The Morgan fingerprint density at radius 3 is 2.17 bits per heavy atom. The minimum Gasteiger partial charge on any atom is -0.352 e. The highest BCUT2D eigenvalue weighted by atomic mass is 15.3. The van der Waals surface area contributed by atoms with Crippen LogP contribution in [0.25, 0.3) is 0 Å². The summed E-state index contributed by atoms with van der Waals surface area (Å²) in [6.45, 7) is 11.3. The van der Waals surface area contributed by atoms with Gasteiger partial charge in [0.1, 0.15) is 0 Å². The highest BCUT2D eigenvalue weighted by molar-refractivity contribution is 5.79. The van der Waals surface area contributed by atoms with Gasteiger partial charge in [-0.1, -0.05) is 24.3 Å². The number of nitrogens with one attached hydrogen (secondary N) is 2. The fourth-order valence-electron chi connectivity index (χ4n) is 3.68. The number of hydrogen-bond acceptors (Lipinski definition) is 4. The second-order valence-corrected chi connectivity index (χ2v) is 7.95. The molecule has 1 fully saturated rings. The van der Waals surface area contributed by atoms with Gasteiger partial charge in [-0.3, -0.25) is 14.6 Å². The predicted octanol–water partition coefficient (Wildman–Crippen LogP) is 1.65. The van der Waals surface area contributed by atoms with E-state index in [1.165, 1.54) is 22.4 Å². The van der Waals surface area contributed by atoms with Crippen LogP contribution in [-0.4, -0.2) is 65.8 Å². The molecule has 29 heavy (non-hydrogen) atoms. The van der Waals surface area contributed by atoms with E-state index in [4.69, 9.17) is 0 Å². The first-order valence-corrected chi connectivity index (χ1v) is 10.4. The number of aliphatic imine (C=N–C) groups is 1. The Bertz CT molecular complexity index is 814. The number of hydrogen-bond donors (Lipinski definition) is 2. The number of benzene rings is 1. The van der Waals surface area contributed by atoms with Crippen molar-refractivity contribution in [2.45, 2.75) is 33.5 Å². The van der Waals surface area contributed by atoms with Gasteiger partial charge >= 0.3 is 0 Å². The molecule has 158 valence electrons. The second-order valence-electron chi connectivity index (χ2n) is 7.95. The van der Waals surface area contributed by atoms with E-state index in [9.17, 15) is 0 Å². The maximum Gasteiger partial charge on any atom is 0.191 e. The molecule has 0 bridgehead atoms. The Labute approximate surface area is 174 Å². The van der Waals surface area contributed by atoms with Gasteiger partial charge in [-0.25, -0.2) is 0 Å². The molecule has 1 aliphatic heterocycles. The molecule has 1 aromatic heterocycles. The Morgan fingerprint density at radius 1 is 0.966 bits per heavy atom. The lowest BCUT2D eigenvalue weighted by atomic mass is 10.1. The normalized spacial score (nSPS) is 16.2. The molecular weight excluding hydrogens is 362 g/mol. The second kappa shape index (κ2) is 9.89. The number of piperazine rings is 1. The van der Waals surface area contributed by atoms with E-state index in [0.717, 1.165) is 57.5 Å². The molecule has 2 aromatic rings. The van der Waals surface area contributed by atoms with Crippen LogP contribution in [0.5, 0.6) is 0 Å². The average Bonchev–Trinajstić information content (AvgIpc) is 2.96. The highest BCUT2D eigenvalue weighted by Gasteiger charge is 2.14. The summed E-state index contributed by atoms with van der Waals surface area (Å²) in [7, 11) is 5.98. The van der Waals surface area contributed by atoms with Crippen molar-refractivity contribution in [2.24, 2.45) is 12.0 Å². The Kier molecular flexibility index (Phi) is 7.28. The van der Waals surface area contributed by atoms with Crippen LogP contribution >= 0.6 is 0 Å². The van der Waals surface area contributed by atoms with Gasteiger partial charge in [0.05, 0.1) is 5.69 Å². The summed E-state index contributed by atoms with van der Waals surface area (Å²) in [6.07, 6.45) is 0. The summed E-state index contributed by atoms with van der Waals surface area (Å²) in [5.41, 5.74) is 6.10. The van der Waals surface area contributed by atoms with Crippen molar-refractivity contribution in [1.29, 1.82) is 0 Å². The van der Waals surface area contributed by atoms with E-state index in [-0.39, 0.29) is 0 Å². The summed E-state index contributed by atoms with van der Waals surface area (Å²) in [6, 6.07) is 8.91. The maximum atomic E-state index is 4.47. The minimum atomic E-state index is 0.717. The Balaban J connectivity index is 1.47. The molecule has 2 heterocycles. The summed E-state index contributed by atoms with van der Waals surface area (Å²) < 4.78 is 1.92. The summed E-state index contributed by atoms with van der Waals surface area (Å²) >= 11 is 0. The van der Waals surface area contributed by atoms with E-state index in [0.29, 0.717) is 0 Å². The molecule has 1 aromatic carbocycles. The van der Waals surface area contributed by atoms with Crippen molar-refractivity contribution in [3.63, 3.8) is 0 Å². The number of aromatic nitrogens is 2. The molecule has 1 aliphatic rings. The smallest absolute Gasteiger partial charge is 0.191 e. The van der Waals surface area contributed by atoms with Gasteiger partial charge in [0.15, 0.2) is 5.96 Å². The van der Waals surface area contributed by atoms with Crippen molar-refractivity contribution in [1.82, 2.24) is 30.2 Å². The van der Waals surface area contributed by atoms with Gasteiger partial charge in [-0.2, -0.15) is 5.10 Å². The number of rotatable bonds is 6. The first-order chi connectivity index (χ1) is 14.0. The molecule has 0 unspecified atom stereocenters. The fourth-order valence-corrected chi connectivity index (χ4v) is 3.68. The molecular formula is C22H35N7. The first-order valence-electron chi connectivity index (χ1n) is 10.4. The van der Waals surface area contributed by atoms with Crippen LogP contribution in [0.2, 0.25) is 0 Å². The van der Waals surface area contributed by atoms with Crippen LogP contribution in [0, 0.1) is 13.8 Å². The van der Waals surface area contributed by atoms with Crippen LogP contribution in [-0.2, 0) is 26.7 Å². The minimum absolute atomic E-state index is 0.717. The van der Waals surface area contributed by atoms with Crippen molar-refractivity contribution < 1.29 is 0 Å². The zero-order chi connectivity index (χ0) is 20.8. The molecule has 0 spiro atoms. The number of likely N-dealkylation sites (N-methyl/N-ethyl adjacent to an activating group) is 1. The third-order valence-corrected chi connectivity index (χ3v) is 5.80. The highest BCUT2D eigenvalue weighted by Crippen LogP contribution is 2.12. The molecule has 0 radical (unpaired) electrons. The van der Waals surface area contributed by atoms with Crippen molar-refractivity contribution in [2.75, 3.05) is 40.3 Å². The van der Waals surface area contributed by atoms with Gasteiger partial charge < -0.3 is 15.5 Å². The van der Waals surface area contributed by atoms with Gasteiger partial charge in [0.2, 0.25) is 0 Å². The maximum absolute atomic E-state index is 4.47. The molecule has 2 N–H and O–H groups in total. The van der Waals surface area contributed by atoms with Crippen molar-refractivity contribution in [3.8, 4) is 0 Å². The molecule has 0 amide bonds. The lowest BCUT2D eigenvalue weighted by Crippen LogP contribution is -2.43. The van der Waals surface area contributed by atoms with Crippen LogP contribution in [0.1, 0.15) is 28.1 Å². The zero-order valence-corrected chi connectivity index (χ0v) is 18.5. The van der Waals surface area contributed by atoms with Crippen molar-refractivity contribution in [3.05, 3.63) is 52.3 Å². The zero-order valence-electron chi connectivity index (χ0n) is 18.5. The van der Waals surface area contributed by atoms with Gasteiger partial charge in [-0.15, -0.1) is 0 Å². The molecule has 3 rings (SSSR count). The summed E-state index contributed by atoms with van der Waals surface area (Å²) in [5, 5.41) is 11.3. The van der Waals surface area contributed by atoms with E-state index in [2.05, 4.69) is 68.8 Å². The quantitative estimate of drug-likeness (QED) is 0.573. The van der Waals surface area contributed by atoms with Gasteiger partial charge in [-0.05, 0) is 32.0 Å². The number of guanidine groups is 1. The third-order valence-electron chi connectivity index (χ3n) is 5.80. The number of aryl methyl sites for hydroxylation is 2. The Morgan fingerprint density at radius 2 is 1.59 bits per heavy atom. The molecule has 7 heteroatoms. The molecule has 0 aliphatic carbocycles. The van der Waals surface area contributed by atoms with Crippen LogP contribution in [0.4, 0.5) is 0 Å². The lowest BCUT2D eigenvalue weighted by molar-refractivity contribution is 0.148. The molecule has 0 saturated carbocycles. The van der Waals surface area contributed by atoms with Crippen LogP contribution in [0.3, 0.4) is 0 Å². The van der Waals surface area contributed by atoms with Crippen LogP contribution in [0.15, 0.2) is 29.3 Å². The monoisotopic (exact) mass is 397 g/mol. The summed E-state index contributed by atoms with van der Waals surface area (Å²) in [5.74, 6) is 0.800. The van der Waals surface area contributed by atoms with E-state index < -0.39 is 0 Å². The molecule has 7 nitrogen and oxygen atoms in total. The standard InChI is InChI=1S/C22H35N7/c1-17-21(18(2)28(5)26-17)15-25-22(23-3)24-14-19-6-8-20(9-7-19)16-29-12-10-27(4)11-13-29/h6-9H,10-16H2,1-5H3,(H2,23,24,25). The van der Waals surface area contributed by atoms with Crippen LogP contribution < -0.4 is 10.6 Å². The average molecular weight is 398 g/mol. The Hall–Kier alpha value is -2.38. The van der Waals surface area contributed by atoms with E-state index >= 15 is 0 Å².